The van der Waals surface area contributed by atoms with Gasteiger partial charge in [0.05, 0.1) is 42.7 Å². The molecule has 3 aliphatic heterocycles. The van der Waals surface area contributed by atoms with Crippen LogP contribution in [0.15, 0.2) is 59.7 Å². The molecule has 2 saturated heterocycles. The number of fused-ring (bicyclic) bond motifs is 3. The largest absolute Gasteiger partial charge is 0.493 e. The number of hydrazone groups is 1. The fraction of sp³-hybridized carbons (Fsp3) is 0.250. The average Bonchev–Trinajstić information content (AvgIpc) is 3.35. The number of allylic oxidation sites excluding steroid dienone is 1. The lowest BCUT2D eigenvalue weighted by atomic mass is 9.86. The summed E-state index contributed by atoms with van der Waals surface area (Å²) in [6, 6.07) is 8.33. The highest BCUT2D eigenvalue weighted by Gasteiger charge is 2.64. The monoisotopic (exact) mass is 476 g/mol. The number of imide groups is 1. The molecule has 3 heterocycles. The van der Waals surface area contributed by atoms with Crippen molar-refractivity contribution in [2.45, 2.75) is 12.1 Å². The number of benzene rings is 2. The average molecular weight is 476 g/mol. The van der Waals surface area contributed by atoms with Crippen LogP contribution in [0.4, 0.5) is 11.4 Å². The van der Waals surface area contributed by atoms with Crippen molar-refractivity contribution in [3.63, 3.8) is 0 Å². The lowest BCUT2D eigenvalue weighted by molar-refractivity contribution is -0.384. The lowest BCUT2D eigenvalue weighted by Crippen LogP contribution is -2.46. The first-order chi connectivity index (χ1) is 16.9. The van der Waals surface area contributed by atoms with E-state index >= 15 is 0 Å². The van der Waals surface area contributed by atoms with Crippen LogP contribution < -0.4 is 14.4 Å². The number of nitro benzene ring substituents is 1. The number of non-ortho nitro benzene ring substituents is 1. The minimum Gasteiger partial charge on any atom is -0.493 e. The van der Waals surface area contributed by atoms with Gasteiger partial charge in [0.15, 0.2) is 17.3 Å². The summed E-state index contributed by atoms with van der Waals surface area (Å²) in [5, 5.41) is 17.0. The number of carbonyl (C=O) groups excluding carboxylic acids is 3. The molecule has 35 heavy (non-hydrogen) atoms. The van der Waals surface area contributed by atoms with Crippen molar-refractivity contribution in [3.8, 4) is 11.5 Å². The number of hydrogen-bond acceptors (Lipinski definition) is 9. The lowest BCUT2D eigenvalue weighted by Gasteiger charge is -2.30. The van der Waals surface area contributed by atoms with E-state index in [-0.39, 0.29) is 16.9 Å². The van der Waals surface area contributed by atoms with Crippen LogP contribution in [0.3, 0.4) is 0 Å². The zero-order chi connectivity index (χ0) is 24.9. The molecular weight excluding hydrogens is 456 g/mol. The Hall–Kier alpha value is -4.54. The van der Waals surface area contributed by atoms with E-state index in [4.69, 9.17) is 9.47 Å². The molecule has 4 atom stereocenters. The first kappa shape index (κ1) is 22.3. The Morgan fingerprint density at radius 2 is 1.77 bits per heavy atom. The molecule has 0 unspecified atom stereocenters. The number of anilines is 1. The van der Waals surface area contributed by atoms with E-state index in [2.05, 4.69) is 5.10 Å². The van der Waals surface area contributed by atoms with Crippen LogP contribution in [-0.2, 0) is 9.59 Å². The molecule has 0 spiro atoms. The number of rotatable bonds is 6. The third kappa shape index (κ3) is 3.35. The molecule has 11 nitrogen and oxygen atoms in total. The first-order valence-electron chi connectivity index (χ1n) is 10.7. The van der Waals surface area contributed by atoms with Crippen molar-refractivity contribution >= 4 is 35.2 Å². The molecule has 3 aliphatic rings. The Labute approximate surface area is 199 Å². The van der Waals surface area contributed by atoms with E-state index < -0.39 is 46.4 Å². The predicted molar refractivity (Wildman–Crippen MR) is 123 cm³/mol. The van der Waals surface area contributed by atoms with Gasteiger partial charge >= 0.3 is 0 Å². The van der Waals surface area contributed by atoms with Crippen LogP contribution in [0.5, 0.6) is 11.5 Å². The SMILES string of the molecule is COc1ccc(C(=O)[C@@H]2[C@@H]3C(=O)N(c4cccc([N+](=O)[O-])c4)C(=O)[C@H]3[C@@H]3C=CC=NN23)cc1OC. The number of Topliss-reactive ketones (excluding diaryl/α,β-unsaturated/α-hetero) is 1. The topological polar surface area (TPSA) is 132 Å². The molecule has 5 rings (SSSR count). The Morgan fingerprint density at radius 1 is 1.03 bits per heavy atom. The Bertz CT molecular complexity index is 1320. The van der Waals surface area contributed by atoms with Crippen LogP contribution in [0.2, 0.25) is 0 Å². The molecule has 0 saturated carbocycles. The summed E-state index contributed by atoms with van der Waals surface area (Å²) in [5.41, 5.74) is 0.114. The third-order valence-corrected chi connectivity index (χ3v) is 6.53. The zero-order valence-corrected chi connectivity index (χ0v) is 18.7. The smallest absolute Gasteiger partial charge is 0.271 e. The fourth-order valence-corrected chi connectivity index (χ4v) is 5.00. The summed E-state index contributed by atoms with van der Waals surface area (Å²) in [4.78, 5) is 52.4. The number of nitro groups is 1. The maximum Gasteiger partial charge on any atom is 0.271 e. The third-order valence-electron chi connectivity index (χ3n) is 6.53. The molecule has 2 fully saturated rings. The summed E-state index contributed by atoms with van der Waals surface area (Å²) in [5.74, 6) is -2.64. The van der Waals surface area contributed by atoms with Crippen LogP contribution in [0.25, 0.3) is 0 Å². The molecule has 0 N–H and O–H groups in total. The molecular formula is C24H20N4O7. The summed E-state index contributed by atoms with van der Waals surface area (Å²) < 4.78 is 10.6. The van der Waals surface area contributed by atoms with E-state index in [1.807, 2.05) is 0 Å². The van der Waals surface area contributed by atoms with E-state index in [1.54, 1.807) is 24.3 Å². The molecule has 2 aromatic rings. The molecule has 178 valence electrons. The van der Waals surface area contributed by atoms with Gasteiger partial charge in [-0.3, -0.25) is 29.5 Å². The van der Waals surface area contributed by atoms with Crippen molar-refractivity contribution in [2.75, 3.05) is 19.1 Å². The second-order valence-electron chi connectivity index (χ2n) is 8.24. The summed E-state index contributed by atoms with van der Waals surface area (Å²) >= 11 is 0. The number of ketones is 1. The van der Waals surface area contributed by atoms with E-state index in [0.717, 1.165) is 4.90 Å². The molecule has 0 radical (unpaired) electrons. The second-order valence-corrected chi connectivity index (χ2v) is 8.24. The van der Waals surface area contributed by atoms with Crippen molar-refractivity contribution in [1.29, 1.82) is 0 Å². The van der Waals surface area contributed by atoms with E-state index in [9.17, 15) is 24.5 Å². The van der Waals surface area contributed by atoms with Crippen molar-refractivity contribution in [3.05, 3.63) is 70.3 Å². The van der Waals surface area contributed by atoms with E-state index in [0.29, 0.717) is 11.5 Å². The Kier molecular flexibility index (Phi) is 5.31. The van der Waals surface area contributed by atoms with Gasteiger partial charge in [-0.1, -0.05) is 12.1 Å². The Balaban J connectivity index is 1.57. The van der Waals surface area contributed by atoms with Gasteiger partial charge in [-0.05, 0) is 30.3 Å². The normalized spacial score (nSPS) is 24.4. The van der Waals surface area contributed by atoms with Crippen molar-refractivity contribution in [1.82, 2.24) is 5.01 Å². The van der Waals surface area contributed by atoms with Gasteiger partial charge in [-0.2, -0.15) is 5.10 Å². The van der Waals surface area contributed by atoms with Gasteiger partial charge in [0.2, 0.25) is 11.8 Å². The standard InChI is InChI=1S/C24H20N4O7/c1-34-17-9-8-13(11-18(17)35-2)22(29)21-20-19(16-7-4-10-25-27(16)21)23(30)26(24(20)31)14-5-3-6-15(12-14)28(32)33/h3-12,16,19-21H,1-2H3/t16-,19-,20+,21-/m0/s1. The molecule has 11 heteroatoms. The number of hydrogen-bond donors (Lipinski definition) is 0. The molecule has 0 aliphatic carbocycles. The van der Waals surface area contributed by atoms with Gasteiger partial charge in [0.1, 0.15) is 6.04 Å². The van der Waals surface area contributed by atoms with Crippen molar-refractivity contribution < 1.29 is 28.8 Å². The highest BCUT2D eigenvalue weighted by Crippen LogP contribution is 2.46. The molecule has 2 amide bonds. The molecule has 0 bridgehead atoms. The number of amides is 2. The highest BCUT2D eigenvalue weighted by molar-refractivity contribution is 6.24. The quantitative estimate of drug-likeness (QED) is 0.268. The number of methoxy groups -OCH3 is 2. The highest BCUT2D eigenvalue weighted by atomic mass is 16.6. The minimum absolute atomic E-state index is 0.0933. The van der Waals surface area contributed by atoms with Crippen LogP contribution in [0.1, 0.15) is 10.4 Å². The van der Waals surface area contributed by atoms with Crippen LogP contribution >= 0.6 is 0 Å². The zero-order valence-electron chi connectivity index (χ0n) is 18.7. The molecule has 2 aromatic carbocycles. The maximum atomic E-state index is 13.7. The predicted octanol–water partition coefficient (Wildman–Crippen LogP) is 2.21. The van der Waals surface area contributed by atoms with Crippen LogP contribution in [-0.4, -0.2) is 60.0 Å². The maximum absolute atomic E-state index is 13.7. The number of carbonyl (C=O) groups is 3. The van der Waals surface area contributed by atoms with E-state index in [1.165, 1.54) is 55.8 Å². The van der Waals surface area contributed by atoms with Gasteiger partial charge in [-0.25, -0.2) is 4.90 Å². The van der Waals surface area contributed by atoms with Gasteiger partial charge in [0, 0.05) is 23.9 Å². The van der Waals surface area contributed by atoms with Crippen LogP contribution in [0, 0.1) is 22.0 Å². The van der Waals surface area contributed by atoms with Crippen molar-refractivity contribution in [2.24, 2.45) is 16.9 Å². The first-order valence-corrected chi connectivity index (χ1v) is 10.7. The molecule has 0 aromatic heterocycles. The minimum atomic E-state index is -1.05. The fourth-order valence-electron chi connectivity index (χ4n) is 5.00. The van der Waals surface area contributed by atoms with Gasteiger partial charge in [-0.15, -0.1) is 0 Å². The number of ether oxygens (including phenoxy) is 2. The summed E-state index contributed by atoms with van der Waals surface area (Å²) in [6.07, 6.45) is 4.89. The van der Waals surface area contributed by atoms with Gasteiger partial charge < -0.3 is 9.47 Å². The second kappa shape index (κ2) is 8.35. The van der Waals surface area contributed by atoms with Gasteiger partial charge in [0.25, 0.3) is 5.69 Å². The Morgan fingerprint density at radius 3 is 2.49 bits per heavy atom. The number of nitrogens with zero attached hydrogens (tertiary/aromatic N) is 4. The summed E-state index contributed by atoms with van der Waals surface area (Å²) in [7, 11) is 2.93. The summed E-state index contributed by atoms with van der Waals surface area (Å²) in [6.45, 7) is 0.